The summed E-state index contributed by atoms with van der Waals surface area (Å²) in [7, 11) is 0. The molecule has 1 aromatic carbocycles. The highest BCUT2D eigenvalue weighted by molar-refractivity contribution is 6.04. The number of hydroxylamine groups is 1. The molecule has 2 amide bonds. The third kappa shape index (κ3) is 4.65. The summed E-state index contributed by atoms with van der Waals surface area (Å²) in [5.74, 6) is -0.534. The van der Waals surface area contributed by atoms with Crippen molar-refractivity contribution in [1.82, 2.24) is 10.5 Å². The average Bonchev–Trinajstić information content (AvgIpc) is 2.54. The van der Waals surface area contributed by atoms with Crippen LogP contribution in [-0.2, 0) is 16.1 Å². The number of pyridine rings is 1. The number of nitrogens with one attached hydrogen (secondary N) is 2. The van der Waals surface area contributed by atoms with E-state index in [0.717, 1.165) is 5.56 Å². The van der Waals surface area contributed by atoms with Gasteiger partial charge < -0.3 is 11.1 Å². The van der Waals surface area contributed by atoms with Crippen molar-refractivity contribution in [2.24, 2.45) is 5.73 Å². The molecule has 0 bridgehead atoms. The van der Waals surface area contributed by atoms with Crippen LogP contribution >= 0.6 is 0 Å². The largest absolute Gasteiger partial charge is 0.322 e. The van der Waals surface area contributed by atoms with Gasteiger partial charge in [-0.15, -0.1) is 0 Å². The molecule has 114 valence electrons. The molecule has 0 atom stereocenters. The molecule has 2 aromatic rings. The van der Waals surface area contributed by atoms with Gasteiger partial charge in [0.1, 0.15) is 6.73 Å². The van der Waals surface area contributed by atoms with E-state index in [2.05, 4.69) is 20.6 Å². The first-order valence-corrected chi connectivity index (χ1v) is 6.60. The predicted octanol–water partition coefficient (Wildman–Crippen LogP) is 0.840. The highest BCUT2D eigenvalue weighted by Crippen LogP contribution is 2.09. The number of hydrogen-bond donors (Lipinski definition) is 3. The molecule has 0 saturated heterocycles. The first-order valence-electron chi connectivity index (χ1n) is 6.60. The van der Waals surface area contributed by atoms with Crippen molar-refractivity contribution >= 4 is 17.5 Å². The topological polar surface area (TPSA) is 106 Å². The lowest BCUT2D eigenvalue weighted by atomic mass is 10.1. The maximum Gasteiger partial charge on any atom is 0.255 e. The number of hydrogen-bond acceptors (Lipinski definition) is 5. The normalized spacial score (nSPS) is 10.0. The summed E-state index contributed by atoms with van der Waals surface area (Å²) in [6.07, 6.45) is 3.34. The molecule has 7 nitrogen and oxygen atoms in total. The highest BCUT2D eigenvalue weighted by Gasteiger charge is 2.07. The number of nitrogens with two attached hydrogens (primary N) is 1. The van der Waals surface area contributed by atoms with Crippen LogP contribution in [-0.4, -0.2) is 23.5 Å². The van der Waals surface area contributed by atoms with Crippen LogP contribution in [0.15, 0.2) is 48.8 Å². The molecule has 2 rings (SSSR count). The molecule has 22 heavy (non-hydrogen) atoms. The number of amides is 2. The van der Waals surface area contributed by atoms with Gasteiger partial charge in [0.05, 0.1) is 6.42 Å². The molecular formula is C15H16N4O3. The third-order valence-corrected chi connectivity index (χ3v) is 2.79. The molecule has 0 unspecified atom stereocenters. The maximum atomic E-state index is 12.0. The smallest absolute Gasteiger partial charge is 0.255 e. The van der Waals surface area contributed by atoms with E-state index in [9.17, 15) is 9.59 Å². The Morgan fingerprint density at radius 3 is 2.41 bits per heavy atom. The van der Waals surface area contributed by atoms with Gasteiger partial charge in [-0.05, 0) is 29.8 Å². The number of nitrogens with zero attached hydrogens (tertiary/aromatic N) is 1. The van der Waals surface area contributed by atoms with Crippen molar-refractivity contribution in [3.63, 3.8) is 0 Å². The van der Waals surface area contributed by atoms with Crippen LogP contribution in [0.5, 0.6) is 0 Å². The fraction of sp³-hybridized carbons (Fsp3) is 0.133. The summed E-state index contributed by atoms with van der Waals surface area (Å²) in [4.78, 5) is 32.0. The summed E-state index contributed by atoms with van der Waals surface area (Å²) in [5, 5.41) is 2.75. The van der Waals surface area contributed by atoms with Crippen LogP contribution < -0.4 is 16.5 Å². The van der Waals surface area contributed by atoms with Gasteiger partial charge in [0.2, 0.25) is 5.91 Å². The summed E-state index contributed by atoms with van der Waals surface area (Å²) >= 11 is 0. The minimum absolute atomic E-state index is 0.0835. The van der Waals surface area contributed by atoms with Crippen molar-refractivity contribution < 1.29 is 14.4 Å². The van der Waals surface area contributed by atoms with E-state index in [1.807, 2.05) is 0 Å². The van der Waals surface area contributed by atoms with Gasteiger partial charge in [-0.2, -0.15) is 0 Å². The number of carbonyl (C=O) groups is 2. The zero-order valence-electron chi connectivity index (χ0n) is 11.8. The number of rotatable bonds is 6. The van der Waals surface area contributed by atoms with Crippen molar-refractivity contribution in [3.05, 3.63) is 59.9 Å². The molecule has 0 aliphatic rings. The van der Waals surface area contributed by atoms with Crippen LogP contribution in [0.4, 0.5) is 5.69 Å². The molecule has 0 aliphatic carbocycles. The van der Waals surface area contributed by atoms with Gasteiger partial charge in [-0.25, -0.2) is 5.48 Å². The van der Waals surface area contributed by atoms with Crippen LogP contribution in [0, 0.1) is 0 Å². The molecule has 0 aliphatic heterocycles. The number of carbonyl (C=O) groups excluding carboxylic acids is 2. The molecule has 1 aromatic heterocycles. The van der Waals surface area contributed by atoms with E-state index in [1.165, 1.54) is 0 Å². The van der Waals surface area contributed by atoms with E-state index in [1.54, 1.807) is 48.8 Å². The van der Waals surface area contributed by atoms with Crippen LogP contribution in [0.3, 0.4) is 0 Å². The van der Waals surface area contributed by atoms with E-state index in [0.29, 0.717) is 11.3 Å². The summed E-state index contributed by atoms with van der Waals surface area (Å²) in [5.41, 5.74) is 9.23. The molecule has 1 heterocycles. The minimum Gasteiger partial charge on any atom is -0.322 e. The molecule has 0 fully saturated rings. The van der Waals surface area contributed by atoms with Gasteiger partial charge in [0.15, 0.2) is 0 Å². The lowest BCUT2D eigenvalue weighted by Crippen LogP contribution is -2.28. The Hall–Kier alpha value is -2.77. The van der Waals surface area contributed by atoms with E-state index >= 15 is 0 Å². The number of aromatic nitrogens is 1. The monoisotopic (exact) mass is 300 g/mol. The standard InChI is InChI=1S/C15H16N4O3/c16-10-22-19-14(20)9-11-1-3-12(4-2-11)15(21)18-13-5-7-17-8-6-13/h1-8H,9-10,16H2,(H,19,20)(H,17,18,21). The maximum absolute atomic E-state index is 12.0. The van der Waals surface area contributed by atoms with E-state index in [4.69, 9.17) is 5.73 Å². The molecule has 0 spiro atoms. The molecular weight excluding hydrogens is 284 g/mol. The number of anilines is 1. The van der Waals surface area contributed by atoms with Gasteiger partial charge in [0, 0.05) is 23.6 Å². The summed E-state index contributed by atoms with van der Waals surface area (Å²) < 4.78 is 0. The summed E-state index contributed by atoms with van der Waals surface area (Å²) in [6.45, 7) is -0.0835. The molecule has 4 N–H and O–H groups in total. The Labute approximate surface area is 127 Å². The fourth-order valence-corrected chi connectivity index (χ4v) is 1.76. The van der Waals surface area contributed by atoms with E-state index < -0.39 is 0 Å². The number of benzene rings is 1. The second kappa shape index (κ2) is 7.87. The van der Waals surface area contributed by atoms with Crippen LogP contribution in [0.25, 0.3) is 0 Å². The SMILES string of the molecule is NCONC(=O)Cc1ccc(C(=O)Nc2ccncc2)cc1. The Bertz CT molecular complexity index is 629. The Morgan fingerprint density at radius 1 is 1.09 bits per heavy atom. The lowest BCUT2D eigenvalue weighted by Gasteiger charge is -2.06. The van der Waals surface area contributed by atoms with Crippen LogP contribution in [0.2, 0.25) is 0 Å². The van der Waals surface area contributed by atoms with Gasteiger partial charge in [0.25, 0.3) is 5.91 Å². The highest BCUT2D eigenvalue weighted by atomic mass is 16.7. The van der Waals surface area contributed by atoms with Gasteiger partial charge >= 0.3 is 0 Å². The quantitative estimate of drug-likeness (QED) is 0.541. The fourth-order valence-electron chi connectivity index (χ4n) is 1.76. The Morgan fingerprint density at radius 2 is 1.77 bits per heavy atom. The predicted molar refractivity (Wildman–Crippen MR) is 80.6 cm³/mol. The zero-order valence-corrected chi connectivity index (χ0v) is 11.8. The lowest BCUT2D eigenvalue weighted by molar-refractivity contribution is -0.132. The van der Waals surface area contributed by atoms with Crippen molar-refractivity contribution in [1.29, 1.82) is 0 Å². The summed E-state index contributed by atoms with van der Waals surface area (Å²) in [6, 6.07) is 10.1. The van der Waals surface area contributed by atoms with Crippen molar-refractivity contribution in [2.45, 2.75) is 6.42 Å². The Kier molecular flexibility index (Phi) is 5.58. The van der Waals surface area contributed by atoms with Crippen molar-refractivity contribution in [3.8, 4) is 0 Å². The Balaban J connectivity index is 1.93. The first kappa shape index (κ1) is 15.6. The first-order chi connectivity index (χ1) is 10.7. The van der Waals surface area contributed by atoms with E-state index in [-0.39, 0.29) is 25.0 Å². The average molecular weight is 300 g/mol. The second-order valence-electron chi connectivity index (χ2n) is 4.40. The zero-order chi connectivity index (χ0) is 15.8. The van der Waals surface area contributed by atoms with Crippen molar-refractivity contribution in [2.75, 3.05) is 12.0 Å². The molecule has 7 heteroatoms. The minimum atomic E-state index is -0.306. The van der Waals surface area contributed by atoms with Gasteiger partial charge in [-0.1, -0.05) is 12.1 Å². The van der Waals surface area contributed by atoms with Crippen LogP contribution in [0.1, 0.15) is 15.9 Å². The third-order valence-electron chi connectivity index (χ3n) is 2.79. The molecule has 0 radical (unpaired) electrons. The molecule has 0 saturated carbocycles. The second-order valence-corrected chi connectivity index (χ2v) is 4.40. The van der Waals surface area contributed by atoms with Gasteiger partial charge in [-0.3, -0.25) is 19.4 Å².